The van der Waals surface area contributed by atoms with Gasteiger partial charge in [0.25, 0.3) is 0 Å². The maximum atomic E-state index is 2.67. The molecule has 606 valence electrons. The lowest BCUT2D eigenvalue weighted by Gasteiger charge is -2.46. The Kier molecular flexibility index (Phi) is 70.0. The minimum absolute atomic E-state index is 0. The first-order valence-electron chi connectivity index (χ1n) is 40.9. The van der Waals surface area contributed by atoms with E-state index in [-0.39, 0.29) is 52.0 Å². The molecule has 3 aliphatic heterocycles. The molecule has 0 bridgehead atoms. The fourth-order valence-electron chi connectivity index (χ4n) is 16.6. The van der Waals surface area contributed by atoms with Crippen molar-refractivity contribution in [1.29, 1.82) is 0 Å². The molecule has 8 atom stereocenters. The molecule has 3 heterocycles. The van der Waals surface area contributed by atoms with Gasteiger partial charge >= 0.3 is 0 Å². The molecule has 0 aromatic rings. The van der Waals surface area contributed by atoms with E-state index in [0.717, 1.165) is 107 Å². The zero-order chi connectivity index (χ0) is 70.8. The normalized spacial score (nSPS) is 24.4. The first-order chi connectivity index (χ1) is 41.7. The van der Waals surface area contributed by atoms with Gasteiger partial charge in [-0.2, -0.15) is 0 Å². The first-order valence-corrected chi connectivity index (χ1v) is 40.9. The summed E-state index contributed by atoms with van der Waals surface area (Å²) in [5, 5.41) is 0. The van der Waals surface area contributed by atoms with E-state index < -0.39 is 0 Å². The van der Waals surface area contributed by atoms with Crippen molar-refractivity contribution in [1.82, 2.24) is 14.7 Å². The molecule has 0 spiro atoms. The number of likely N-dealkylation sites (tertiary alicyclic amines) is 3. The van der Waals surface area contributed by atoms with Gasteiger partial charge in [-0.15, -0.1) is 0 Å². The van der Waals surface area contributed by atoms with Crippen LogP contribution < -0.4 is 0 Å². The molecule has 8 unspecified atom stereocenters. The molecule has 3 saturated heterocycles. The molecule has 98 heavy (non-hydrogen) atoms. The molecular formula is C95H211N3. The summed E-state index contributed by atoms with van der Waals surface area (Å²) in [5.74, 6) is 12.7. The summed E-state index contributed by atoms with van der Waals surface area (Å²) >= 11 is 0. The Morgan fingerprint density at radius 3 is 0.867 bits per heavy atom. The summed E-state index contributed by atoms with van der Waals surface area (Å²) in [6, 6.07) is 3.07. The van der Waals surface area contributed by atoms with E-state index >= 15 is 0 Å². The minimum atomic E-state index is 0. The standard InChI is InChI=1S/2C14H28.C13H26.3C11H23N.C6H12.2C4H10.7CH4/c1-13(2,3)11-8-7-9-12(10-11)14(4,5)6;1-13(2,3)11-9-7-8-10-12(11)14(4,5)6;1-10(2)11-8-6-7-9-12(11)13(3,4)5;1-9(2)11-5-7-12(8-6-11)10(3)4;1-9(2)11-6-5-7-12(8-11)10(3)4;1-9(2)11-7-5-6-8-12(11)10(3)4;1-2-4-6-5-3-1;2*1-4(2)3;;;;;;;/h2*11-12H,7-10H2,1-6H3;10-12H,6-9H2,1-5H3;3*9-11H,5-8H2,1-4H3;1-6H2;2*4H,1-3H3;7*1H4. The van der Waals surface area contributed by atoms with Crippen LogP contribution in [0, 0.1) is 110 Å². The Morgan fingerprint density at radius 2 is 0.592 bits per heavy atom. The maximum Gasteiger partial charge on any atom is 0.0121 e. The lowest BCUT2D eigenvalue weighted by molar-refractivity contribution is 0.0335. The second-order valence-electron chi connectivity index (χ2n) is 40.4. The summed E-state index contributed by atoms with van der Waals surface area (Å²) in [4.78, 5) is 7.89. The monoisotopic (exact) mass is 1390 g/mol. The van der Waals surface area contributed by atoms with Crippen LogP contribution in [0.25, 0.3) is 0 Å². The van der Waals surface area contributed by atoms with Gasteiger partial charge in [-0.1, -0.05) is 330 Å². The zero-order valence-corrected chi connectivity index (χ0v) is 70.4. The van der Waals surface area contributed by atoms with Crippen LogP contribution >= 0.6 is 0 Å². The van der Waals surface area contributed by atoms with Crippen LogP contribution in [0.3, 0.4) is 0 Å². The van der Waals surface area contributed by atoms with Crippen molar-refractivity contribution in [2.75, 3.05) is 32.7 Å². The van der Waals surface area contributed by atoms with Gasteiger partial charge in [-0.25, -0.2) is 0 Å². The third-order valence-electron chi connectivity index (χ3n) is 22.8. The summed E-state index contributed by atoms with van der Waals surface area (Å²) in [6.07, 6.45) is 36.4. The predicted octanol–water partition coefficient (Wildman–Crippen LogP) is 32.8. The van der Waals surface area contributed by atoms with Crippen LogP contribution in [-0.2, 0) is 0 Å². The van der Waals surface area contributed by atoms with E-state index in [1.54, 1.807) is 0 Å². The fraction of sp³-hybridized carbons (Fsp3) is 1.00. The topological polar surface area (TPSA) is 9.72 Å². The molecule has 7 fully saturated rings. The number of hydrogen-bond donors (Lipinski definition) is 0. The Balaban J connectivity index is -0.000000131. The second kappa shape index (κ2) is 59.0. The third kappa shape index (κ3) is 53.6. The highest BCUT2D eigenvalue weighted by Crippen LogP contribution is 2.50. The van der Waals surface area contributed by atoms with Gasteiger partial charge in [0.15, 0.2) is 0 Å². The Labute approximate surface area is 632 Å². The van der Waals surface area contributed by atoms with Crippen LogP contribution in [0.2, 0.25) is 0 Å². The van der Waals surface area contributed by atoms with Crippen molar-refractivity contribution in [3.63, 3.8) is 0 Å². The SMILES string of the molecule is C.C.C.C.C.C.C.C1CCCCC1.CC(C)(C)C1CCCC(C(C)(C)C)C1.CC(C)(C)C1CCCCC1C(C)(C)C.CC(C)C.CC(C)C.CC(C)C1CCCCC1C(C)(C)C.CC(C)C1CCCCN1C(C)C.CC(C)C1CCCN(C(C)C)C1.CC(C)C1CCN(C(C)C)CC1. The first kappa shape index (κ1) is 116. The molecule has 0 radical (unpaired) electrons. The summed E-state index contributed by atoms with van der Waals surface area (Å²) in [6.45, 7) is 88.6. The van der Waals surface area contributed by atoms with Crippen molar-refractivity contribution < 1.29 is 0 Å². The second-order valence-corrected chi connectivity index (χ2v) is 40.4. The Morgan fingerprint density at radius 1 is 0.255 bits per heavy atom. The number of rotatable bonds is 7. The number of hydrogen-bond acceptors (Lipinski definition) is 3. The highest BCUT2D eigenvalue weighted by Gasteiger charge is 2.40. The van der Waals surface area contributed by atoms with E-state index in [9.17, 15) is 0 Å². The number of nitrogens with zero attached hydrogens (tertiary/aromatic N) is 3. The summed E-state index contributed by atoms with van der Waals surface area (Å²) in [5.41, 5.74) is 2.56. The maximum absolute atomic E-state index is 2.67. The molecule has 0 aromatic heterocycles. The molecule has 4 aliphatic carbocycles. The average Bonchev–Trinajstić information content (AvgIpc) is 0.819. The van der Waals surface area contributed by atoms with Crippen molar-refractivity contribution in [3.05, 3.63) is 0 Å². The van der Waals surface area contributed by atoms with E-state index in [2.05, 4.69) is 257 Å². The van der Waals surface area contributed by atoms with Crippen LogP contribution in [0.4, 0.5) is 0 Å². The molecule has 7 aliphatic rings. The average molecular weight is 1400 g/mol. The highest BCUT2D eigenvalue weighted by molar-refractivity contribution is 4.91. The van der Waals surface area contributed by atoms with Crippen LogP contribution in [0.15, 0.2) is 0 Å². The largest absolute Gasteiger partial charge is 0.301 e. The fourth-order valence-corrected chi connectivity index (χ4v) is 16.6. The van der Waals surface area contributed by atoms with Gasteiger partial charge in [0.2, 0.25) is 0 Å². The Hall–Kier alpha value is -0.120. The smallest absolute Gasteiger partial charge is 0.0121 e. The van der Waals surface area contributed by atoms with Gasteiger partial charge in [-0.05, 0) is 261 Å². The molecule has 3 nitrogen and oxygen atoms in total. The van der Waals surface area contributed by atoms with Gasteiger partial charge in [0, 0.05) is 30.7 Å². The van der Waals surface area contributed by atoms with Gasteiger partial charge in [-0.3, -0.25) is 4.90 Å². The summed E-state index contributed by atoms with van der Waals surface area (Å²) in [7, 11) is 0. The van der Waals surface area contributed by atoms with Gasteiger partial charge < -0.3 is 9.80 Å². The lowest BCUT2D eigenvalue weighted by atomic mass is 9.59. The molecule has 0 amide bonds. The Bertz CT molecular complexity index is 1540. The van der Waals surface area contributed by atoms with E-state index in [4.69, 9.17) is 0 Å². The van der Waals surface area contributed by atoms with Crippen molar-refractivity contribution in [3.8, 4) is 0 Å². The van der Waals surface area contributed by atoms with E-state index in [0.29, 0.717) is 27.1 Å². The third-order valence-corrected chi connectivity index (χ3v) is 22.8. The van der Waals surface area contributed by atoms with E-state index in [1.165, 1.54) is 193 Å². The minimum Gasteiger partial charge on any atom is -0.301 e. The highest BCUT2D eigenvalue weighted by atomic mass is 15.2. The quantitative estimate of drug-likeness (QED) is 0.252. The van der Waals surface area contributed by atoms with Crippen molar-refractivity contribution in [2.24, 2.45) is 110 Å². The summed E-state index contributed by atoms with van der Waals surface area (Å²) < 4.78 is 0. The van der Waals surface area contributed by atoms with Crippen molar-refractivity contribution >= 4 is 0 Å². The predicted molar refractivity (Wildman–Crippen MR) is 467 cm³/mol. The van der Waals surface area contributed by atoms with Crippen LogP contribution in [0.5, 0.6) is 0 Å². The molecule has 7 rings (SSSR count). The molecule has 0 aromatic carbocycles. The molecule has 4 saturated carbocycles. The molecular weight excluding hydrogens is 1180 g/mol. The number of piperidine rings is 3. The van der Waals surface area contributed by atoms with Gasteiger partial charge in [0.1, 0.15) is 0 Å². The van der Waals surface area contributed by atoms with Crippen LogP contribution in [0.1, 0.15) is 455 Å². The van der Waals surface area contributed by atoms with Crippen molar-refractivity contribution in [2.45, 2.75) is 479 Å². The molecule has 3 heteroatoms. The van der Waals surface area contributed by atoms with Crippen LogP contribution in [-0.4, -0.2) is 71.6 Å². The van der Waals surface area contributed by atoms with Gasteiger partial charge in [0.05, 0.1) is 0 Å². The van der Waals surface area contributed by atoms with E-state index in [1.807, 2.05) is 0 Å². The molecule has 0 N–H and O–H groups in total. The zero-order valence-electron chi connectivity index (χ0n) is 70.4. The lowest BCUT2D eigenvalue weighted by Crippen LogP contribution is -2.46.